The quantitative estimate of drug-likeness (QED) is 0.751. The number of benzene rings is 1. The first-order valence-corrected chi connectivity index (χ1v) is 8.27. The van der Waals surface area contributed by atoms with E-state index >= 15 is 0 Å². The van der Waals surface area contributed by atoms with Crippen LogP contribution in [0.2, 0.25) is 0 Å². The molecule has 5 nitrogen and oxygen atoms in total. The number of rotatable bonds is 3. The van der Waals surface area contributed by atoms with Crippen molar-refractivity contribution < 1.29 is 18.4 Å². The minimum atomic E-state index is -0.875. The highest BCUT2D eigenvalue weighted by molar-refractivity contribution is 5.87. The molecule has 3 rings (SSSR count). The first kappa shape index (κ1) is 19.6. The molecular formula is C17H22ClF2N3O2. The van der Waals surface area contributed by atoms with Crippen molar-refractivity contribution in [2.75, 3.05) is 19.6 Å². The fourth-order valence-corrected chi connectivity index (χ4v) is 3.46. The summed E-state index contributed by atoms with van der Waals surface area (Å²) in [4.78, 5) is 23.9. The van der Waals surface area contributed by atoms with E-state index in [0.717, 1.165) is 19.0 Å². The van der Waals surface area contributed by atoms with Crippen molar-refractivity contribution in [3.8, 4) is 0 Å². The highest BCUT2D eigenvalue weighted by Gasteiger charge is 2.32. The lowest BCUT2D eigenvalue weighted by Gasteiger charge is -2.34. The van der Waals surface area contributed by atoms with Gasteiger partial charge in [0, 0.05) is 37.4 Å². The fraction of sp³-hybridized carbons (Fsp3) is 0.529. The number of amides is 2. The first-order chi connectivity index (χ1) is 11.5. The second kappa shape index (κ2) is 8.58. The number of carbonyl (C=O) groups is 2. The summed E-state index contributed by atoms with van der Waals surface area (Å²) in [6.45, 7) is 1.82. The van der Waals surface area contributed by atoms with Crippen LogP contribution in [0.15, 0.2) is 18.2 Å². The summed E-state index contributed by atoms with van der Waals surface area (Å²) in [5.41, 5.74) is 0.682. The predicted octanol–water partition coefficient (Wildman–Crippen LogP) is 1.47. The third-order valence-electron chi connectivity index (χ3n) is 4.80. The maximum absolute atomic E-state index is 13.5. The number of piperidine rings is 2. The zero-order chi connectivity index (χ0) is 17.1. The van der Waals surface area contributed by atoms with Crippen LogP contribution in [0.1, 0.15) is 30.7 Å². The second-order valence-corrected chi connectivity index (χ2v) is 6.43. The van der Waals surface area contributed by atoms with E-state index in [-0.39, 0.29) is 48.5 Å². The Labute approximate surface area is 151 Å². The minimum absolute atomic E-state index is 0. The molecule has 0 radical (unpaired) electrons. The van der Waals surface area contributed by atoms with Gasteiger partial charge in [0.1, 0.15) is 0 Å². The topological polar surface area (TPSA) is 70.2 Å². The molecule has 0 bridgehead atoms. The summed E-state index contributed by atoms with van der Waals surface area (Å²) >= 11 is 0. The highest BCUT2D eigenvalue weighted by atomic mass is 35.5. The van der Waals surface area contributed by atoms with Crippen LogP contribution in [0.25, 0.3) is 0 Å². The van der Waals surface area contributed by atoms with Gasteiger partial charge in [-0.15, -0.1) is 12.4 Å². The van der Waals surface area contributed by atoms with E-state index < -0.39 is 11.6 Å². The Kier molecular flexibility index (Phi) is 6.72. The van der Waals surface area contributed by atoms with Crippen molar-refractivity contribution in [1.82, 2.24) is 16.0 Å². The molecule has 3 atom stereocenters. The van der Waals surface area contributed by atoms with Gasteiger partial charge >= 0.3 is 0 Å². The monoisotopic (exact) mass is 373 g/mol. The lowest BCUT2D eigenvalue weighted by atomic mass is 9.85. The largest absolute Gasteiger partial charge is 0.356 e. The molecule has 2 saturated heterocycles. The molecule has 2 aliphatic rings. The molecule has 8 heteroatoms. The molecule has 1 aromatic carbocycles. The van der Waals surface area contributed by atoms with Crippen molar-refractivity contribution >= 4 is 24.2 Å². The zero-order valence-electron chi connectivity index (χ0n) is 13.7. The number of halogens is 3. The molecule has 25 heavy (non-hydrogen) atoms. The molecule has 2 aliphatic heterocycles. The Morgan fingerprint density at radius 3 is 2.68 bits per heavy atom. The average Bonchev–Trinajstić information content (AvgIpc) is 2.58. The number of hydrogen-bond acceptors (Lipinski definition) is 3. The van der Waals surface area contributed by atoms with Crippen LogP contribution in [0.4, 0.5) is 8.78 Å². The van der Waals surface area contributed by atoms with Gasteiger partial charge in [0.25, 0.3) is 0 Å². The molecular weight excluding hydrogens is 352 g/mol. The summed E-state index contributed by atoms with van der Waals surface area (Å²) in [6, 6.07) is 3.69. The van der Waals surface area contributed by atoms with Gasteiger partial charge in [-0.3, -0.25) is 9.59 Å². The lowest BCUT2D eigenvalue weighted by Crippen LogP contribution is -2.52. The van der Waals surface area contributed by atoms with Crippen molar-refractivity contribution in [2.45, 2.75) is 31.2 Å². The van der Waals surface area contributed by atoms with Gasteiger partial charge < -0.3 is 16.0 Å². The van der Waals surface area contributed by atoms with Crippen LogP contribution < -0.4 is 16.0 Å². The lowest BCUT2D eigenvalue weighted by molar-refractivity contribution is -0.133. The van der Waals surface area contributed by atoms with E-state index in [0.29, 0.717) is 25.1 Å². The first-order valence-electron chi connectivity index (χ1n) is 8.27. The van der Waals surface area contributed by atoms with Crippen molar-refractivity contribution in [3.63, 3.8) is 0 Å². The number of hydrogen-bond donors (Lipinski definition) is 3. The van der Waals surface area contributed by atoms with E-state index in [9.17, 15) is 18.4 Å². The molecule has 2 amide bonds. The summed E-state index contributed by atoms with van der Waals surface area (Å²) in [6.07, 6.45) is 1.54. The third-order valence-corrected chi connectivity index (χ3v) is 4.80. The van der Waals surface area contributed by atoms with Crippen LogP contribution in [-0.2, 0) is 9.59 Å². The molecule has 138 valence electrons. The van der Waals surface area contributed by atoms with E-state index in [1.807, 2.05) is 0 Å². The summed E-state index contributed by atoms with van der Waals surface area (Å²) in [5.74, 6) is -2.41. The fourth-order valence-electron chi connectivity index (χ4n) is 3.46. The van der Waals surface area contributed by atoms with Crippen molar-refractivity contribution in [3.05, 3.63) is 35.4 Å². The van der Waals surface area contributed by atoms with E-state index in [1.165, 1.54) is 6.07 Å². The van der Waals surface area contributed by atoms with E-state index in [1.54, 1.807) is 6.07 Å². The highest BCUT2D eigenvalue weighted by Crippen LogP contribution is 2.27. The Hall–Kier alpha value is -1.73. The van der Waals surface area contributed by atoms with Gasteiger partial charge in [-0.25, -0.2) is 8.78 Å². The molecule has 1 aromatic rings. The average molecular weight is 374 g/mol. The second-order valence-electron chi connectivity index (χ2n) is 6.43. The molecule has 2 fully saturated rings. The SMILES string of the molecule is Cl.O=C1CC(C(=O)NC2CNCCC2c2ccc(F)c(F)c2)CCN1. The third kappa shape index (κ3) is 4.67. The summed E-state index contributed by atoms with van der Waals surface area (Å²) in [5, 5.41) is 8.92. The Balaban J connectivity index is 0.00000225. The van der Waals surface area contributed by atoms with Gasteiger partial charge in [-0.2, -0.15) is 0 Å². The predicted molar refractivity (Wildman–Crippen MR) is 91.5 cm³/mol. The van der Waals surface area contributed by atoms with Crippen LogP contribution in [0.5, 0.6) is 0 Å². The molecule has 0 saturated carbocycles. The van der Waals surface area contributed by atoms with Gasteiger partial charge in [-0.1, -0.05) is 6.07 Å². The molecule has 0 aromatic heterocycles. The Bertz CT molecular complexity index is 644. The maximum atomic E-state index is 13.5. The van der Waals surface area contributed by atoms with Gasteiger partial charge in [-0.05, 0) is 37.1 Å². The zero-order valence-corrected chi connectivity index (χ0v) is 14.5. The van der Waals surface area contributed by atoms with Crippen LogP contribution in [0.3, 0.4) is 0 Å². The Morgan fingerprint density at radius 2 is 1.96 bits per heavy atom. The van der Waals surface area contributed by atoms with Crippen molar-refractivity contribution in [2.24, 2.45) is 5.92 Å². The van der Waals surface area contributed by atoms with Crippen LogP contribution in [-0.4, -0.2) is 37.5 Å². The summed E-state index contributed by atoms with van der Waals surface area (Å²) in [7, 11) is 0. The standard InChI is InChI=1S/C17H21F2N3O2.ClH/c18-13-2-1-10(7-14(13)19)12-4-5-20-9-15(12)22-17(24)11-3-6-21-16(23)8-11;/h1-2,7,11-12,15,20H,3-6,8-9H2,(H,21,23)(H,22,24);1H. The molecule has 3 unspecified atom stereocenters. The molecule has 0 aliphatic carbocycles. The smallest absolute Gasteiger partial charge is 0.223 e. The molecule has 0 spiro atoms. The van der Waals surface area contributed by atoms with Crippen LogP contribution >= 0.6 is 12.4 Å². The molecule has 2 heterocycles. The number of nitrogens with one attached hydrogen (secondary N) is 3. The van der Waals surface area contributed by atoms with Gasteiger partial charge in [0.05, 0.1) is 0 Å². The van der Waals surface area contributed by atoms with Crippen LogP contribution in [0, 0.1) is 17.6 Å². The van der Waals surface area contributed by atoms with E-state index in [2.05, 4.69) is 16.0 Å². The molecule has 3 N–H and O–H groups in total. The Morgan fingerprint density at radius 1 is 1.16 bits per heavy atom. The van der Waals surface area contributed by atoms with E-state index in [4.69, 9.17) is 0 Å². The van der Waals surface area contributed by atoms with Crippen molar-refractivity contribution in [1.29, 1.82) is 0 Å². The van der Waals surface area contributed by atoms with Gasteiger partial charge in [0.15, 0.2) is 11.6 Å². The number of carbonyl (C=O) groups excluding carboxylic acids is 2. The normalized spacial score (nSPS) is 26.3. The summed E-state index contributed by atoms with van der Waals surface area (Å²) < 4.78 is 26.7. The minimum Gasteiger partial charge on any atom is -0.356 e. The van der Waals surface area contributed by atoms with Gasteiger partial charge in [0.2, 0.25) is 11.8 Å². The maximum Gasteiger partial charge on any atom is 0.223 e.